The number of hydrogen-bond acceptors (Lipinski definition) is 9. The molecule has 1 fully saturated rings. The van der Waals surface area contributed by atoms with E-state index >= 15 is 0 Å². The molecule has 1 saturated heterocycles. The molecule has 0 atom stereocenters. The van der Waals surface area contributed by atoms with E-state index in [0.717, 1.165) is 71.2 Å². The molecular formula is C29H34N6O4S. The number of anilines is 1. The highest BCUT2D eigenvalue weighted by Gasteiger charge is 2.19. The van der Waals surface area contributed by atoms with E-state index in [2.05, 4.69) is 31.6 Å². The molecule has 5 rings (SSSR count). The van der Waals surface area contributed by atoms with Gasteiger partial charge in [0.1, 0.15) is 18.0 Å². The molecule has 0 saturated carbocycles. The van der Waals surface area contributed by atoms with Crippen LogP contribution in [-0.4, -0.2) is 77.0 Å². The average molecular weight is 563 g/mol. The van der Waals surface area contributed by atoms with Crippen LogP contribution >= 0.6 is 11.3 Å². The fraction of sp³-hybridized carbons (Fsp3) is 0.379. The second-order valence-corrected chi connectivity index (χ2v) is 11.0. The molecule has 1 aliphatic heterocycles. The van der Waals surface area contributed by atoms with Gasteiger partial charge in [0, 0.05) is 55.8 Å². The SMILES string of the molecule is CCNC(=O)Nc1nc2cc(-c3ccc(C(C)(C)O)nc3)cc(-c3cc(OCCN4CCOCC4)ccn3)c2s1. The number of rotatable bonds is 9. The third-order valence-corrected chi connectivity index (χ3v) is 7.58. The summed E-state index contributed by atoms with van der Waals surface area (Å²) in [5, 5.41) is 16.4. The Balaban J connectivity index is 1.48. The topological polar surface area (TPSA) is 122 Å². The zero-order valence-electron chi connectivity index (χ0n) is 22.9. The van der Waals surface area contributed by atoms with Gasteiger partial charge in [0.05, 0.1) is 34.8 Å². The Morgan fingerprint density at radius 1 is 1.15 bits per heavy atom. The van der Waals surface area contributed by atoms with Gasteiger partial charge < -0.3 is 19.9 Å². The Morgan fingerprint density at radius 2 is 1.98 bits per heavy atom. The van der Waals surface area contributed by atoms with Crippen LogP contribution in [0.2, 0.25) is 0 Å². The second-order valence-electron chi connectivity index (χ2n) is 10.0. The maximum atomic E-state index is 12.2. The van der Waals surface area contributed by atoms with Crippen LogP contribution in [0.25, 0.3) is 32.6 Å². The predicted octanol–water partition coefficient (Wildman–Crippen LogP) is 4.50. The molecule has 10 nitrogen and oxygen atoms in total. The van der Waals surface area contributed by atoms with Gasteiger partial charge in [-0.25, -0.2) is 9.78 Å². The first-order valence-electron chi connectivity index (χ1n) is 13.4. The van der Waals surface area contributed by atoms with Gasteiger partial charge in [-0.3, -0.25) is 20.2 Å². The molecule has 1 aromatic carbocycles. The van der Waals surface area contributed by atoms with E-state index in [1.54, 1.807) is 26.2 Å². The molecule has 0 unspecified atom stereocenters. The number of hydrogen-bond donors (Lipinski definition) is 3. The number of amides is 2. The fourth-order valence-electron chi connectivity index (χ4n) is 4.44. The maximum absolute atomic E-state index is 12.2. The standard InChI is InChI=1S/C29H34N6O4S/c1-4-30-27(36)34-28-33-24-16-20(19-5-6-25(32-18-19)29(2,3)37)15-22(26(24)40-28)23-17-21(7-8-31-23)39-14-11-35-9-12-38-13-10-35/h5-8,15-18,37H,4,9-14H2,1-3H3,(H2,30,33,34,36). The highest BCUT2D eigenvalue weighted by atomic mass is 32.1. The zero-order chi connectivity index (χ0) is 28.1. The molecule has 0 bridgehead atoms. The molecule has 1 aliphatic rings. The van der Waals surface area contributed by atoms with Crippen molar-refractivity contribution < 1.29 is 19.4 Å². The van der Waals surface area contributed by atoms with Gasteiger partial charge in [-0.2, -0.15) is 0 Å². The van der Waals surface area contributed by atoms with Crippen LogP contribution in [0.1, 0.15) is 26.5 Å². The number of urea groups is 1. The summed E-state index contributed by atoms with van der Waals surface area (Å²) in [6.07, 6.45) is 3.49. The van der Waals surface area contributed by atoms with Crippen LogP contribution in [0.15, 0.2) is 48.8 Å². The molecule has 40 heavy (non-hydrogen) atoms. The number of nitrogens with zero attached hydrogens (tertiary/aromatic N) is 4. The lowest BCUT2D eigenvalue weighted by Gasteiger charge is -2.26. The number of benzene rings is 1. The van der Waals surface area contributed by atoms with E-state index in [0.29, 0.717) is 24.0 Å². The predicted molar refractivity (Wildman–Crippen MR) is 157 cm³/mol. The highest BCUT2D eigenvalue weighted by Crippen LogP contribution is 2.39. The maximum Gasteiger partial charge on any atom is 0.321 e. The molecule has 4 heterocycles. The van der Waals surface area contributed by atoms with Crippen LogP contribution in [0.4, 0.5) is 9.93 Å². The summed E-state index contributed by atoms with van der Waals surface area (Å²) in [7, 11) is 0. The highest BCUT2D eigenvalue weighted by molar-refractivity contribution is 7.22. The monoisotopic (exact) mass is 562 g/mol. The summed E-state index contributed by atoms with van der Waals surface area (Å²) < 4.78 is 12.4. The van der Waals surface area contributed by atoms with Crippen molar-refractivity contribution in [1.29, 1.82) is 0 Å². The number of ether oxygens (including phenoxy) is 2. The number of carbonyl (C=O) groups excluding carboxylic acids is 1. The van der Waals surface area contributed by atoms with Gasteiger partial charge in [0.2, 0.25) is 0 Å². The van der Waals surface area contributed by atoms with E-state index in [4.69, 9.17) is 14.5 Å². The number of thiazole rings is 1. The molecular weight excluding hydrogens is 528 g/mol. The first-order valence-corrected chi connectivity index (χ1v) is 14.2. The Hall–Kier alpha value is -3.64. The minimum atomic E-state index is -1.03. The van der Waals surface area contributed by atoms with Crippen LogP contribution < -0.4 is 15.4 Å². The zero-order valence-corrected chi connectivity index (χ0v) is 23.8. The minimum Gasteiger partial charge on any atom is -0.492 e. The molecule has 0 aliphatic carbocycles. The number of aliphatic hydroxyl groups is 1. The number of morpholine rings is 1. The van der Waals surface area contributed by atoms with Gasteiger partial charge in [-0.1, -0.05) is 17.4 Å². The first-order chi connectivity index (χ1) is 19.3. The number of pyridine rings is 2. The van der Waals surface area contributed by atoms with Crippen LogP contribution in [-0.2, 0) is 10.3 Å². The molecule has 0 radical (unpaired) electrons. The Morgan fingerprint density at radius 3 is 2.70 bits per heavy atom. The molecule has 210 valence electrons. The number of nitrogens with one attached hydrogen (secondary N) is 2. The molecule has 11 heteroatoms. The Bertz CT molecular complexity index is 1460. The lowest BCUT2D eigenvalue weighted by molar-refractivity contribution is 0.0322. The van der Waals surface area contributed by atoms with E-state index in [1.165, 1.54) is 11.3 Å². The van der Waals surface area contributed by atoms with Crippen molar-refractivity contribution in [2.75, 3.05) is 51.3 Å². The smallest absolute Gasteiger partial charge is 0.321 e. The van der Waals surface area contributed by atoms with E-state index in [1.807, 2.05) is 37.3 Å². The third-order valence-electron chi connectivity index (χ3n) is 6.56. The van der Waals surface area contributed by atoms with Crippen molar-refractivity contribution >= 4 is 32.7 Å². The van der Waals surface area contributed by atoms with Gasteiger partial charge in [-0.15, -0.1) is 0 Å². The lowest BCUT2D eigenvalue weighted by atomic mass is 9.99. The molecule has 2 amide bonds. The van der Waals surface area contributed by atoms with Crippen molar-refractivity contribution in [3.63, 3.8) is 0 Å². The third kappa shape index (κ3) is 6.73. The molecule has 3 N–H and O–H groups in total. The summed E-state index contributed by atoms with van der Waals surface area (Å²) in [4.78, 5) is 28.4. The Labute approximate surface area is 237 Å². The van der Waals surface area contributed by atoms with Crippen molar-refractivity contribution in [3.8, 4) is 28.1 Å². The summed E-state index contributed by atoms with van der Waals surface area (Å²) in [5.41, 5.74) is 3.67. The van der Waals surface area contributed by atoms with Gasteiger partial charge >= 0.3 is 6.03 Å². The number of carbonyl (C=O) groups is 1. The molecule has 0 spiro atoms. The normalized spacial score (nSPS) is 14.3. The number of fused-ring (bicyclic) bond motifs is 1. The van der Waals surface area contributed by atoms with Gasteiger partial charge in [-0.05, 0) is 50.6 Å². The largest absolute Gasteiger partial charge is 0.492 e. The summed E-state index contributed by atoms with van der Waals surface area (Å²) in [6.45, 7) is 10.5. The summed E-state index contributed by atoms with van der Waals surface area (Å²) in [6, 6.07) is 11.3. The van der Waals surface area contributed by atoms with E-state index in [-0.39, 0.29) is 6.03 Å². The molecule has 4 aromatic rings. The van der Waals surface area contributed by atoms with Crippen molar-refractivity contribution in [2.24, 2.45) is 0 Å². The quantitative estimate of drug-likeness (QED) is 0.273. The van der Waals surface area contributed by atoms with Crippen LogP contribution in [0.3, 0.4) is 0 Å². The second kappa shape index (κ2) is 12.3. The minimum absolute atomic E-state index is 0.302. The lowest BCUT2D eigenvalue weighted by Crippen LogP contribution is -2.38. The van der Waals surface area contributed by atoms with Gasteiger partial charge in [0.15, 0.2) is 5.13 Å². The fourth-order valence-corrected chi connectivity index (χ4v) is 5.40. The molecule has 3 aromatic heterocycles. The summed E-state index contributed by atoms with van der Waals surface area (Å²) in [5.74, 6) is 0.734. The van der Waals surface area contributed by atoms with E-state index < -0.39 is 5.60 Å². The van der Waals surface area contributed by atoms with Crippen molar-refractivity contribution in [1.82, 2.24) is 25.2 Å². The first kappa shape index (κ1) is 27.9. The average Bonchev–Trinajstić information content (AvgIpc) is 3.35. The summed E-state index contributed by atoms with van der Waals surface area (Å²) >= 11 is 1.39. The Kier molecular flexibility index (Phi) is 8.55. The van der Waals surface area contributed by atoms with Crippen molar-refractivity contribution in [2.45, 2.75) is 26.4 Å². The van der Waals surface area contributed by atoms with Crippen LogP contribution in [0.5, 0.6) is 5.75 Å². The van der Waals surface area contributed by atoms with Gasteiger partial charge in [0.25, 0.3) is 0 Å². The van der Waals surface area contributed by atoms with Crippen LogP contribution in [0, 0.1) is 0 Å². The number of aromatic nitrogens is 3. The van der Waals surface area contributed by atoms with Crippen molar-refractivity contribution in [3.05, 3.63) is 54.5 Å². The van der Waals surface area contributed by atoms with E-state index in [9.17, 15) is 9.90 Å².